The predicted octanol–water partition coefficient (Wildman–Crippen LogP) is 2.20. The van der Waals surface area contributed by atoms with Crippen LogP contribution in [-0.4, -0.2) is 31.5 Å². The summed E-state index contributed by atoms with van der Waals surface area (Å²) < 4.78 is 6.45. The Bertz CT molecular complexity index is 953. The van der Waals surface area contributed by atoms with Crippen molar-refractivity contribution in [1.29, 1.82) is 0 Å². The van der Waals surface area contributed by atoms with Crippen molar-refractivity contribution >= 4 is 29.0 Å². The van der Waals surface area contributed by atoms with Crippen LogP contribution < -0.4 is 11.2 Å². The lowest BCUT2D eigenvalue weighted by molar-refractivity contribution is -0.385. The molecule has 26 heavy (non-hydrogen) atoms. The van der Waals surface area contributed by atoms with E-state index in [2.05, 4.69) is 15.5 Å². The van der Waals surface area contributed by atoms with Crippen molar-refractivity contribution in [3.63, 3.8) is 0 Å². The van der Waals surface area contributed by atoms with Crippen LogP contribution in [0.5, 0.6) is 0 Å². The quantitative estimate of drug-likeness (QED) is 0.289. The van der Waals surface area contributed by atoms with E-state index in [0.29, 0.717) is 28.0 Å². The molecule has 0 fully saturated rings. The number of nitrogens with zero attached hydrogens (tertiary/aromatic N) is 4. The summed E-state index contributed by atoms with van der Waals surface area (Å²) in [7, 11) is 0. The minimum atomic E-state index is -0.493. The number of carbonyl (C=O) groups excluding carboxylic acids is 1. The Kier molecular flexibility index (Phi) is 4.89. The topological polar surface area (TPSA) is 142 Å². The van der Waals surface area contributed by atoms with E-state index in [0.717, 1.165) is 11.8 Å². The van der Waals surface area contributed by atoms with E-state index in [1.807, 2.05) is 0 Å². The van der Waals surface area contributed by atoms with Crippen molar-refractivity contribution in [2.75, 3.05) is 16.9 Å². The molecule has 0 unspecified atom stereocenters. The van der Waals surface area contributed by atoms with Gasteiger partial charge in [0, 0.05) is 6.07 Å². The molecule has 0 radical (unpaired) electrons. The Morgan fingerprint density at radius 3 is 2.88 bits per heavy atom. The molecule has 0 saturated carbocycles. The van der Waals surface area contributed by atoms with Gasteiger partial charge in [0.1, 0.15) is 0 Å². The van der Waals surface area contributed by atoms with Gasteiger partial charge in [-0.3, -0.25) is 14.9 Å². The summed E-state index contributed by atoms with van der Waals surface area (Å²) in [6.07, 6.45) is 1.49. The number of benzene rings is 1. The van der Waals surface area contributed by atoms with Crippen molar-refractivity contribution in [3.8, 4) is 11.6 Å². The molecule has 10 nitrogen and oxygen atoms in total. The molecule has 0 aliphatic carbocycles. The second-order valence-corrected chi connectivity index (χ2v) is 6.14. The number of rotatable bonds is 6. The molecule has 0 bridgehead atoms. The van der Waals surface area contributed by atoms with Crippen LogP contribution in [0.1, 0.15) is 5.56 Å². The van der Waals surface area contributed by atoms with Gasteiger partial charge in [-0.15, -0.1) is 10.2 Å². The Morgan fingerprint density at radius 2 is 2.19 bits per heavy atom. The summed E-state index contributed by atoms with van der Waals surface area (Å²) in [5, 5.41) is 21.8. The van der Waals surface area contributed by atoms with Crippen LogP contribution in [0.3, 0.4) is 0 Å². The highest BCUT2D eigenvalue weighted by molar-refractivity contribution is 7.99. The van der Waals surface area contributed by atoms with E-state index in [4.69, 9.17) is 10.3 Å². The number of hydrogen-bond acceptors (Lipinski definition) is 8. The Morgan fingerprint density at radius 1 is 1.38 bits per heavy atom. The van der Waals surface area contributed by atoms with Gasteiger partial charge >= 0.3 is 0 Å². The zero-order chi connectivity index (χ0) is 18.7. The Labute approximate surface area is 151 Å². The third-order valence-electron chi connectivity index (χ3n) is 3.51. The van der Waals surface area contributed by atoms with Crippen LogP contribution in [0.4, 0.5) is 11.4 Å². The van der Waals surface area contributed by atoms with Crippen molar-refractivity contribution in [1.82, 2.24) is 14.9 Å². The number of nitrogen functional groups attached to an aromatic ring is 1. The molecule has 11 heteroatoms. The first-order valence-corrected chi connectivity index (χ1v) is 8.37. The zero-order valence-electron chi connectivity index (χ0n) is 13.6. The Hall–Kier alpha value is -3.34. The molecule has 0 spiro atoms. The molecule has 2 aromatic heterocycles. The zero-order valence-corrected chi connectivity index (χ0v) is 14.4. The standard InChI is InChI=1S/C15H14N6O4S/c1-9-10(4-2-5-11(9)21(23)24)17-13(22)8-26-15-19-18-14(20(15)16)12-6-3-7-25-12/h2-7H,8,16H2,1H3,(H,17,22). The van der Waals surface area contributed by atoms with E-state index in [-0.39, 0.29) is 17.3 Å². The van der Waals surface area contributed by atoms with Crippen LogP contribution in [0, 0.1) is 17.0 Å². The van der Waals surface area contributed by atoms with E-state index >= 15 is 0 Å². The first-order chi connectivity index (χ1) is 12.5. The first-order valence-electron chi connectivity index (χ1n) is 7.38. The number of nitro benzene ring substituents is 1. The van der Waals surface area contributed by atoms with Gasteiger partial charge in [-0.25, -0.2) is 4.68 Å². The lowest BCUT2D eigenvalue weighted by Crippen LogP contribution is -2.17. The summed E-state index contributed by atoms with van der Waals surface area (Å²) in [4.78, 5) is 22.6. The van der Waals surface area contributed by atoms with E-state index < -0.39 is 4.92 Å². The molecule has 134 valence electrons. The molecule has 0 aliphatic rings. The average molecular weight is 374 g/mol. The second-order valence-electron chi connectivity index (χ2n) is 5.20. The monoisotopic (exact) mass is 374 g/mol. The van der Waals surface area contributed by atoms with Gasteiger partial charge in [-0.05, 0) is 25.1 Å². The summed E-state index contributed by atoms with van der Waals surface area (Å²) in [5.74, 6) is 6.38. The average Bonchev–Trinajstić information content (AvgIpc) is 3.24. The van der Waals surface area contributed by atoms with Crippen molar-refractivity contribution < 1.29 is 14.1 Å². The molecule has 0 atom stereocenters. The van der Waals surface area contributed by atoms with Gasteiger partial charge in [-0.1, -0.05) is 17.8 Å². The minimum Gasteiger partial charge on any atom is -0.461 e. The van der Waals surface area contributed by atoms with E-state index in [1.165, 1.54) is 23.1 Å². The highest BCUT2D eigenvalue weighted by Gasteiger charge is 2.17. The smallest absolute Gasteiger partial charge is 0.274 e. The summed E-state index contributed by atoms with van der Waals surface area (Å²) in [6.45, 7) is 1.58. The number of anilines is 1. The number of amides is 1. The third-order valence-corrected chi connectivity index (χ3v) is 4.46. The van der Waals surface area contributed by atoms with Crippen molar-refractivity contribution in [2.45, 2.75) is 12.1 Å². The largest absolute Gasteiger partial charge is 0.461 e. The van der Waals surface area contributed by atoms with Crippen molar-refractivity contribution in [3.05, 3.63) is 52.3 Å². The molecule has 1 amide bonds. The summed E-state index contributed by atoms with van der Waals surface area (Å²) >= 11 is 1.09. The van der Waals surface area contributed by atoms with Gasteiger partial charge in [0.25, 0.3) is 5.69 Å². The van der Waals surface area contributed by atoms with Gasteiger partial charge in [-0.2, -0.15) is 0 Å². The third kappa shape index (κ3) is 3.52. The number of nitrogens with two attached hydrogens (primary N) is 1. The molecular formula is C15H14N6O4S. The van der Waals surface area contributed by atoms with E-state index in [1.54, 1.807) is 25.1 Å². The highest BCUT2D eigenvalue weighted by Crippen LogP contribution is 2.26. The van der Waals surface area contributed by atoms with Crippen molar-refractivity contribution in [2.24, 2.45) is 0 Å². The Balaban J connectivity index is 1.65. The predicted molar refractivity (Wildman–Crippen MR) is 95.1 cm³/mol. The number of carbonyl (C=O) groups is 1. The fraction of sp³-hybridized carbons (Fsp3) is 0.133. The number of furan rings is 1. The number of thioether (sulfide) groups is 1. The fourth-order valence-electron chi connectivity index (χ4n) is 2.22. The number of hydrogen-bond donors (Lipinski definition) is 2. The van der Waals surface area contributed by atoms with Crippen LogP contribution in [0.15, 0.2) is 46.2 Å². The molecule has 2 heterocycles. The number of aromatic nitrogens is 3. The lowest BCUT2D eigenvalue weighted by atomic mass is 10.1. The normalized spacial score (nSPS) is 10.7. The number of nitrogens with one attached hydrogen (secondary N) is 1. The molecule has 0 aliphatic heterocycles. The number of nitro groups is 1. The molecule has 3 N–H and O–H groups in total. The first kappa shape index (κ1) is 17.5. The van der Waals surface area contributed by atoms with Gasteiger partial charge in [0.15, 0.2) is 5.76 Å². The molecule has 3 rings (SSSR count). The van der Waals surface area contributed by atoms with Crippen LogP contribution in [-0.2, 0) is 4.79 Å². The molecule has 0 saturated heterocycles. The SMILES string of the molecule is Cc1c(NC(=O)CSc2nnc(-c3ccco3)n2N)cccc1[N+](=O)[O-]. The van der Waals surface area contributed by atoms with Gasteiger partial charge in [0.2, 0.25) is 16.9 Å². The highest BCUT2D eigenvalue weighted by atomic mass is 32.2. The van der Waals surface area contributed by atoms with Crippen LogP contribution >= 0.6 is 11.8 Å². The molecule has 1 aromatic carbocycles. The maximum absolute atomic E-state index is 12.1. The fourth-order valence-corrected chi connectivity index (χ4v) is 2.88. The summed E-state index contributed by atoms with van der Waals surface area (Å²) in [6, 6.07) is 7.89. The molecular weight excluding hydrogens is 360 g/mol. The second kappa shape index (κ2) is 7.27. The van der Waals surface area contributed by atoms with Gasteiger partial charge in [0.05, 0.1) is 28.2 Å². The maximum Gasteiger partial charge on any atom is 0.274 e. The summed E-state index contributed by atoms with van der Waals surface area (Å²) in [5.41, 5.74) is 0.716. The lowest BCUT2D eigenvalue weighted by Gasteiger charge is -2.08. The van der Waals surface area contributed by atoms with Gasteiger partial charge < -0.3 is 15.6 Å². The van der Waals surface area contributed by atoms with Crippen LogP contribution in [0.25, 0.3) is 11.6 Å². The van der Waals surface area contributed by atoms with E-state index in [9.17, 15) is 14.9 Å². The maximum atomic E-state index is 12.1. The van der Waals surface area contributed by atoms with Crippen LogP contribution in [0.2, 0.25) is 0 Å². The minimum absolute atomic E-state index is 0.00954. The molecule has 3 aromatic rings.